The number of hydrazone groups is 1. The van der Waals surface area contributed by atoms with Gasteiger partial charge in [0.05, 0.1) is 16.8 Å². The quantitative estimate of drug-likeness (QED) is 0.376. The Balaban J connectivity index is 2.07. The first-order valence-corrected chi connectivity index (χ1v) is 6.72. The number of benzene rings is 2. The maximum atomic E-state index is 12.0. The fourth-order valence-corrected chi connectivity index (χ4v) is 1.81. The molecule has 0 aromatic heterocycles. The van der Waals surface area contributed by atoms with Crippen LogP contribution in [-0.2, 0) is 0 Å². The summed E-state index contributed by atoms with van der Waals surface area (Å²) in [6.07, 6.45) is 1.72. The van der Waals surface area contributed by atoms with E-state index in [0.717, 1.165) is 5.56 Å². The van der Waals surface area contributed by atoms with Crippen LogP contribution in [0.4, 0.5) is 0 Å². The SMILES string of the molecule is CN(C)N=Cc1ccc(OC(=O)c2ccccc2Cl)cc1. The van der Waals surface area contributed by atoms with Crippen LogP contribution >= 0.6 is 11.6 Å². The molecule has 2 aromatic rings. The van der Waals surface area contributed by atoms with Crippen molar-refractivity contribution in [3.05, 3.63) is 64.7 Å². The molecule has 0 aliphatic carbocycles. The fourth-order valence-electron chi connectivity index (χ4n) is 1.59. The van der Waals surface area contributed by atoms with Crippen LogP contribution in [0.1, 0.15) is 15.9 Å². The van der Waals surface area contributed by atoms with Crippen LogP contribution in [0.2, 0.25) is 5.02 Å². The molecule has 0 unspecified atom stereocenters. The summed E-state index contributed by atoms with van der Waals surface area (Å²) in [4.78, 5) is 12.0. The monoisotopic (exact) mass is 302 g/mol. The Morgan fingerprint density at radius 3 is 2.43 bits per heavy atom. The zero-order valence-electron chi connectivity index (χ0n) is 11.8. The van der Waals surface area contributed by atoms with Crippen LogP contribution in [0.5, 0.6) is 5.75 Å². The van der Waals surface area contributed by atoms with E-state index in [4.69, 9.17) is 16.3 Å². The Kier molecular flexibility index (Phi) is 4.95. The smallest absolute Gasteiger partial charge is 0.345 e. The summed E-state index contributed by atoms with van der Waals surface area (Å²) in [6.45, 7) is 0. The van der Waals surface area contributed by atoms with Crippen molar-refractivity contribution in [3.8, 4) is 5.75 Å². The van der Waals surface area contributed by atoms with Crippen LogP contribution in [0, 0.1) is 0 Å². The average Bonchev–Trinajstić information content (AvgIpc) is 2.47. The van der Waals surface area contributed by atoms with Gasteiger partial charge in [0.2, 0.25) is 0 Å². The van der Waals surface area contributed by atoms with Crippen molar-refractivity contribution in [3.63, 3.8) is 0 Å². The molecule has 0 atom stereocenters. The number of nitrogens with zero attached hydrogens (tertiary/aromatic N) is 2. The molecule has 0 fully saturated rings. The van der Waals surface area contributed by atoms with Gasteiger partial charge in [0, 0.05) is 14.1 Å². The number of carbonyl (C=O) groups is 1. The van der Waals surface area contributed by atoms with Gasteiger partial charge in [-0.15, -0.1) is 0 Å². The molecule has 0 saturated carbocycles. The molecule has 0 N–H and O–H groups in total. The third kappa shape index (κ3) is 4.33. The van der Waals surface area contributed by atoms with Crippen molar-refractivity contribution < 1.29 is 9.53 Å². The van der Waals surface area contributed by atoms with Crippen molar-refractivity contribution in [1.82, 2.24) is 5.01 Å². The second-order valence-electron chi connectivity index (χ2n) is 4.53. The summed E-state index contributed by atoms with van der Waals surface area (Å²) in [5.74, 6) is -0.0165. The zero-order chi connectivity index (χ0) is 15.2. The molecular weight excluding hydrogens is 288 g/mol. The van der Waals surface area contributed by atoms with Crippen molar-refractivity contribution >= 4 is 23.8 Å². The third-order valence-electron chi connectivity index (χ3n) is 2.62. The molecule has 0 aliphatic heterocycles. The predicted octanol–water partition coefficient (Wildman–Crippen LogP) is 3.45. The summed E-state index contributed by atoms with van der Waals surface area (Å²) in [5.41, 5.74) is 1.26. The topological polar surface area (TPSA) is 41.9 Å². The van der Waals surface area contributed by atoms with Gasteiger partial charge in [-0.2, -0.15) is 5.10 Å². The molecule has 0 saturated heterocycles. The highest BCUT2D eigenvalue weighted by molar-refractivity contribution is 6.33. The molecule has 0 aliphatic rings. The molecule has 0 bridgehead atoms. The van der Waals surface area contributed by atoms with Crippen LogP contribution in [0.25, 0.3) is 0 Å². The van der Waals surface area contributed by atoms with E-state index in [9.17, 15) is 4.79 Å². The van der Waals surface area contributed by atoms with Crippen molar-refractivity contribution in [2.45, 2.75) is 0 Å². The van der Waals surface area contributed by atoms with Crippen LogP contribution in [-0.4, -0.2) is 31.3 Å². The van der Waals surface area contributed by atoms with E-state index in [-0.39, 0.29) is 0 Å². The lowest BCUT2D eigenvalue weighted by atomic mass is 10.2. The van der Waals surface area contributed by atoms with E-state index in [1.807, 2.05) is 26.2 Å². The lowest BCUT2D eigenvalue weighted by molar-refractivity contribution is 0.0735. The zero-order valence-corrected chi connectivity index (χ0v) is 12.5. The number of carbonyl (C=O) groups excluding carboxylic acids is 1. The first-order chi connectivity index (χ1) is 10.1. The fraction of sp³-hybridized carbons (Fsp3) is 0.125. The van der Waals surface area contributed by atoms with Crippen LogP contribution in [0.15, 0.2) is 53.6 Å². The Morgan fingerprint density at radius 2 is 1.81 bits per heavy atom. The molecule has 4 nitrogen and oxygen atoms in total. The summed E-state index contributed by atoms with van der Waals surface area (Å²) in [6, 6.07) is 13.9. The largest absolute Gasteiger partial charge is 0.423 e. The van der Waals surface area contributed by atoms with Gasteiger partial charge in [-0.25, -0.2) is 4.79 Å². The number of ether oxygens (including phenoxy) is 1. The minimum absolute atomic E-state index is 0.345. The predicted molar refractivity (Wildman–Crippen MR) is 84.1 cm³/mol. The van der Waals surface area contributed by atoms with Crippen molar-refractivity contribution in [2.24, 2.45) is 5.10 Å². The average molecular weight is 303 g/mol. The van der Waals surface area contributed by atoms with Crippen LogP contribution in [0.3, 0.4) is 0 Å². The van der Waals surface area contributed by atoms with Crippen LogP contribution < -0.4 is 4.74 Å². The summed E-state index contributed by atoms with van der Waals surface area (Å²) >= 11 is 5.96. The number of rotatable bonds is 4. The lowest BCUT2D eigenvalue weighted by Gasteiger charge is -2.06. The summed E-state index contributed by atoms with van der Waals surface area (Å²) < 4.78 is 5.28. The Bertz CT molecular complexity index is 652. The van der Waals surface area contributed by atoms with Gasteiger partial charge in [-0.05, 0) is 42.0 Å². The molecular formula is C16H15ClN2O2. The highest BCUT2D eigenvalue weighted by Crippen LogP contribution is 2.18. The van der Waals surface area contributed by atoms with Crippen molar-refractivity contribution in [2.75, 3.05) is 14.1 Å². The van der Waals surface area contributed by atoms with Gasteiger partial charge < -0.3 is 9.75 Å². The second kappa shape index (κ2) is 6.90. The van der Waals surface area contributed by atoms with E-state index in [1.165, 1.54) is 0 Å². The molecule has 2 rings (SSSR count). The molecule has 0 spiro atoms. The van der Waals surface area contributed by atoms with Gasteiger partial charge in [0.25, 0.3) is 0 Å². The molecule has 0 heterocycles. The first-order valence-electron chi connectivity index (χ1n) is 6.34. The molecule has 0 radical (unpaired) electrons. The first kappa shape index (κ1) is 15.1. The van der Waals surface area contributed by atoms with Gasteiger partial charge in [-0.1, -0.05) is 23.7 Å². The highest BCUT2D eigenvalue weighted by Gasteiger charge is 2.11. The minimum Gasteiger partial charge on any atom is -0.423 e. The third-order valence-corrected chi connectivity index (χ3v) is 2.95. The molecule has 0 amide bonds. The molecule has 2 aromatic carbocycles. The number of hydrogen-bond donors (Lipinski definition) is 0. The molecule has 21 heavy (non-hydrogen) atoms. The Hall–Kier alpha value is -2.33. The van der Waals surface area contributed by atoms with Gasteiger partial charge in [0.1, 0.15) is 5.75 Å². The van der Waals surface area contributed by atoms with Gasteiger partial charge >= 0.3 is 5.97 Å². The Morgan fingerprint density at radius 1 is 1.14 bits per heavy atom. The van der Waals surface area contributed by atoms with Gasteiger partial charge in [-0.3, -0.25) is 0 Å². The lowest BCUT2D eigenvalue weighted by Crippen LogP contribution is -2.09. The Labute approximate surface area is 128 Å². The van der Waals surface area contributed by atoms with Gasteiger partial charge in [0.15, 0.2) is 0 Å². The van der Waals surface area contributed by atoms with E-state index in [1.54, 1.807) is 47.6 Å². The van der Waals surface area contributed by atoms with E-state index in [0.29, 0.717) is 16.3 Å². The maximum Gasteiger partial charge on any atom is 0.345 e. The highest BCUT2D eigenvalue weighted by atomic mass is 35.5. The van der Waals surface area contributed by atoms with Crippen molar-refractivity contribution in [1.29, 1.82) is 0 Å². The standard InChI is InChI=1S/C16H15ClN2O2/c1-19(2)18-11-12-7-9-13(10-8-12)21-16(20)14-5-3-4-6-15(14)17/h3-11H,1-2H3. The van der Waals surface area contributed by atoms with E-state index in [2.05, 4.69) is 5.10 Å². The van der Waals surface area contributed by atoms with E-state index >= 15 is 0 Å². The maximum absolute atomic E-state index is 12.0. The minimum atomic E-state index is -0.477. The second-order valence-corrected chi connectivity index (χ2v) is 4.94. The van der Waals surface area contributed by atoms with E-state index < -0.39 is 5.97 Å². The summed E-state index contributed by atoms with van der Waals surface area (Å²) in [7, 11) is 3.69. The molecule has 5 heteroatoms. The summed E-state index contributed by atoms with van der Waals surface area (Å²) in [5, 5.41) is 6.20. The molecule has 108 valence electrons. The number of halogens is 1. The number of hydrogen-bond acceptors (Lipinski definition) is 4. The normalized spacial score (nSPS) is 10.6. The number of esters is 1.